The molecule has 0 saturated carbocycles. The first-order valence-electron chi connectivity index (χ1n) is 9.11. The molecule has 3 aromatic rings. The second-order valence-corrected chi connectivity index (χ2v) is 8.92. The van der Waals surface area contributed by atoms with Crippen molar-refractivity contribution in [1.29, 1.82) is 0 Å². The van der Waals surface area contributed by atoms with Crippen molar-refractivity contribution in [3.8, 4) is 0 Å². The molecule has 1 amide bonds. The second kappa shape index (κ2) is 7.86. The Morgan fingerprint density at radius 2 is 1.96 bits per heavy atom. The fourth-order valence-electron chi connectivity index (χ4n) is 3.32. The van der Waals surface area contributed by atoms with Crippen LogP contribution in [0.15, 0.2) is 51.7 Å². The van der Waals surface area contributed by atoms with Gasteiger partial charge in [0.15, 0.2) is 5.16 Å². The molecule has 0 bridgehead atoms. The Balaban J connectivity index is 1.68. The van der Waals surface area contributed by atoms with Gasteiger partial charge in [-0.25, -0.2) is 4.98 Å². The van der Waals surface area contributed by atoms with Gasteiger partial charge in [-0.3, -0.25) is 14.2 Å². The maximum absolute atomic E-state index is 13.0. The quantitative estimate of drug-likeness (QED) is 0.486. The van der Waals surface area contributed by atoms with Crippen molar-refractivity contribution in [2.75, 3.05) is 13.1 Å². The van der Waals surface area contributed by atoms with Crippen molar-refractivity contribution < 1.29 is 4.79 Å². The summed E-state index contributed by atoms with van der Waals surface area (Å²) in [5.74, 6) is 0.128. The summed E-state index contributed by atoms with van der Waals surface area (Å²) in [7, 11) is 0. The summed E-state index contributed by atoms with van der Waals surface area (Å²) in [6.45, 7) is 4.02. The zero-order valence-corrected chi connectivity index (χ0v) is 16.8. The van der Waals surface area contributed by atoms with Crippen LogP contribution in [-0.4, -0.2) is 38.7 Å². The Morgan fingerprint density at radius 1 is 1.22 bits per heavy atom. The van der Waals surface area contributed by atoms with Gasteiger partial charge < -0.3 is 4.90 Å². The standard InChI is InChI=1S/C20H21N3O2S2/c1-14(18(24)22-10-5-6-11-22)27-20-21-16-9-12-26-17(16)19(25)23(20)13-15-7-3-2-4-8-15/h2-4,7-9,12,14H,5-6,10-11,13H2,1H3/t14-/m1/s1. The lowest BCUT2D eigenvalue weighted by atomic mass is 10.2. The number of fused-ring (bicyclic) bond motifs is 1. The summed E-state index contributed by atoms with van der Waals surface area (Å²) in [5.41, 5.74) is 1.71. The average Bonchev–Trinajstić information content (AvgIpc) is 3.37. The van der Waals surface area contributed by atoms with Crippen molar-refractivity contribution in [2.24, 2.45) is 0 Å². The molecular formula is C20H21N3O2S2. The Hall–Kier alpha value is -2.12. The topological polar surface area (TPSA) is 55.2 Å². The minimum Gasteiger partial charge on any atom is -0.342 e. The number of aromatic nitrogens is 2. The lowest BCUT2D eigenvalue weighted by Crippen LogP contribution is -2.34. The maximum Gasteiger partial charge on any atom is 0.272 e. The summed E-state index contributed by atoms with van der Waals surface area (Å²) in [5, 5.41) is 2.22. The van der Waals surface area contributed by atoms with Gasteiger partial charge in [-0.1, -0.05) is 42.1 Å². The molecule has 4 rings (SSSR count). The molecule has 140 valence electrons. The van der Waals surface area contributed by atoms with Gasteiger partial charge in [-0.2, -0.15) is 0 Å². The normalized spacial score (nSPS) is 15.4. The number of thiophene rings is 1. The molecule has 1 aromatic carbocycles. The fourth-order valence-corrected chi connectivity index (χ4v) is 5.09. The highest BCUT2D eigenvalue weighted by Gasteiger charge is 2.26. The van der Waals surface area contributed by atoms with Crippen molar-refractivity contribution >= 4 is 39.2 Å². The van der Waals surface area contributed by atoms with Crippen LogP contribution in [0.2, 0.25) is 0 Å². The van der Waals surface area contributed by atoms with Crippen LogP contribution < -0.4 is 5.56 Å². The number of benzene rings is 1. The third-order valence-electron chi connectivity index (χ3n) is 4.76. The molecule has 5 nitrogen and oxygen atoms in total. The third kappa shape index (κ3) is 3.80. The van der Waals surface area contributed by atoms with E-state index < -0.39 is 0 Å². The largest absolute Gasteiger partial charge is 0.342 e. The first-order valence-corrected chi connectivity index (χ1v) is 10.9. The molecule has 7 heteroatoms. The molecule has 0 radical (unpaired) electrons. The van der Waals surface area contributed by atoms with Gasteiger partial charge in [0, 0.05) is 13.1 Å². The van der Waals surface area contributed by atoms with E-state index in [9.17, 15) is 9.59 Å². The van der Waals surface area contributed by atoms with Crippen LogP contribution in [0.25, 0.3) is 10.2 Å². The van der Waals surface area contributed by atoms with Crippen molar-refractivity contribution in [2.45, 2.75) is 36.7 Å². The van der Waals surface area contributed by atoms with Crippen molar-refractivity contribution in [3.63, 3.8) is 0 Å². The van der Waals surface area contributed by atoms with Crippen LogP contribution in [0.3, 0.4) is 0 Å². The zero-order chi connectivity index (χ0) is 18.8. The minimum absolute atomic E-state index is 0.0397. The molecule has 1 saturated heterocycles. The minimum atomic E-state index is -0.270. The number of carbonyl (C=O) groups excluding carboxylic acids is 1. The summed E-state index contributed by atoms with van der Waals surface area (Å²) in [6.07, 6.45) is 2.14. The van der Waals surface area contributed by atoms with E-state index in [0.717, 1.165) is 31.5 Å². The van der Waals surface area contributed by atoms with E-state index in [1.807, 2.05) is 53.6 Å². The molecule has 1 atom stereocenters. The highest BCUT2D eigenvalue weighted by atomic mass is 32.2. The molecule has 1 aliphatic rings. The number of hydrogen-bond donors (Lipinski definition) is 0. The predicted octanol–water partition coefficient (Wildman–Crippen LogP) is 3.61. The van der Waals surface area contributed by atoms with Crippen LogP contribution in [0, 0.1) is 0 Å². The van der Waals surface area contributed by atoms with E-state index in [1.165, 1.54) is 23.1 Å². The summed E-state index contributed by atoms with van der Waals surface area (Å²) in [4.78, 5) is 32.4. The molecule has 1 aliphatic heterocycles. The lowest BCUT2D eigenvalue weighted by molar-refractivity contribution is -0.129. The van der Waals surface area contributed by atoms with Crippen molar-refractivity contribution in [1.82, 2.24) is 14.5 Å². The number of amides is 1. The molecular weight excluding hydrogens is 378 g/mol. The summed E-state index contributed by atoms with van der Waals surface area (Å²) < 4.78 is 2.36. The van der Waals surface area contributed by atoms with E-state index in [-0.39, 0.29) is 16.7 Å². The number of hydrogen-bond acceptors (Lipinski definition) is 5. The van der Waals surface area contributed by atoms with Gasteiger partial charge >= 0.3 is 0 Å². The van der Waals surface area contributed by atoms with Crippen LogP contribution in [0.4, 0.5) is 0 Å². The van der Waals surface area contributed by atoms with Gasteiger partial charge in [-0.05, 0) is 36.8 Å². The molecule has 1 fully saturated rings. The Morgan fingerprint density at radius 3 is 2.70 bits per heavy atom. The van der Waals surface area contributed by atoms with E-state index in [4.69, 9.17) is 4.98 Å². The number of rotatable bonds is 5. The molecule has 2 aromatic heterocycles. The highest BCUT2D eigenvalue weighted by molar-refractivity contribution is 8.00. The van der Waals surface area contributed by atoms with Crippen LogP contribution >= 0.6 is 23.1 Å². The number of thioether (sulfide) groups is 1. The zero-order valence-electron chi connectivity index (χ0n) is 15.1. The molecule has 0 spiro atoms. The molecule has 0 aliphatic carbocycles. The number of carbonyl (C=O) groups is 1. The Bertz CT molecular complexity index is 1010. The molecule has 0 unspecified atom stereocenters. The number of likely N-dealkylation sites (tertiary alicyclic amines) is 1. The molecule has 3 heterocycles. The van der Waals surface area contributed by atoms with Crippen LogP contribution in [-0.2, 0) is 11.3 Å². The average molecular weight is 400 g/mol. The predicted molar refractivity (Wildman–Crippen MR) is 111 cm³/mol. The van der Waals surface area contributed by atoms with Crippen LogP contribution in [0.1, 0.15) is 25.3 Å². The molecule has 0 N–H and O–H groups in total. The van der Waals surface area contributed by atoms with Gasteiger partial charge in [0.05, 0.1) is 17.3 Å². The SMILES string of the molecule is C[C@@H](Sc1nc2ccsc2c(=O)n1Cc1ccccc1)C(=O)N1CCCC1. The smallest absolute Gasteiger partial charge is 0.272 e. The Labute approximate surface area is 166 Å². The van der Waals surface area contributed by atoms with Gasteiger partial charge in [0.1, 0.15) is 4.70 Å². The summed E-state index contributed by atoms with van der Waals surface area (Å²) in [6, 6.07) is 11.7. The second-order valence-electron chi connectivity index (χ2n) is 6.70. The molecule has 27 heavy (non-hydrogen) atoms. The first-order chi connectivity index (χ1) is 13.1. The van der Waals surface area contributed by atoms with E-state index in [1.54, 1.807) is 4.57 Å². The van der Waals surface area contributed by atoms with Gasteiger partial charge in [0.25, 0.3) is 5.56 Å². The first kappa shape index (κ1) is 18.3. The van der Waals surface area contributed by atoms with Gasteiger partial charge in [-0.15, -0.1) is 11.3 Å². The third-order valence-corrected chi connectivity index (χ3v) is 6.73. The van der Waals surface area contributed by atoms with Crippen LogP contribution in [0.5, 0.6) is 0 Å². The van der Waals surface area contributed by atoms with E-state index >= 15 is 0 Å². The highest BCUT2D eigenvalue weighted by Crippen LogP contribution is 2.26. The monoisotopic (exact) mass is 399 g/mol. The lowest BCUT2D eigenvalue weighted by Gasteiger charge is -2.21. The Kier molecular flexibility index (Phi) is 5.31. The van der Waals surface area contributed by atoms with E-state index in [0.29, 0.717) is 21.9 Å². The number of nitrogens with zero attached hydrogens (tertiary/aromatic N) is 3. The fraction of sp³-hybridized carbons (Fsp3) is 0.350. The van der Waals surface area contributed by atoms with Gasteiger partial charge in [0.2, 0.25) is 5.91 Å². The summed E-state index contributed by atoms with van der Waals surface area (Å²) >= 11 is 2.79. The van der Waals surface area contributed by atoms with E-state index in [2.05, 4.69) is 0 Å². The maximum atomic E-state index is 13.0. The van der Waals surface area contributed by atoms with Crippen molar-refractivity contribution in [3.05, 3.63) is 57.7 Å².